The van der Waals surface area contributed by atoms with Crippen LogP contribution >= 0.6 is 0 Å². The number of hydrazine groups is 1. The van der Waals surface area contributed by atoms with Crippen LogP contribution in [0.4, 0.5) is 0 Å². The molecule has 6 nitrogen and oxygen atoms in total. The smallest absolute Gasteiger partial charge is 0.301 e. The second-order valence-electron chi connectivity index (χ2n) is 4.73. The summed E-state index contributed by atoms with van der Waals surface area (Å²) >= 11 is 0. The molecule has 0 aliphatic heterocycles. The molecule has 0 saturated carbocycles. The summed E-state index contributed by atoms with van der Waals surface area (Å²) in [6.07, 6.45) is 1.46. The molecule has 0 aliphatic rings. The number of nitrogens with zero attached hydrogens (tertiary/aromatic N) is 2. The van der Waals surface area contributed by atoms with Gasteiger partial charge in [0.05, 0.1) is 17.9 Å². The van der Waals surface area contributed by atoms with Gasteiger partial charge in [0, 0.05) is 18.7 Å². The van der Waals surface area contributed by atoms with Crippen LogP contribution in [0.15, 0.2) is 41.0 Å². The Morgan fingerprint density at radius 3 is 2.95 bits per heavy atom. The van der Waals surface area contributed by atoms with Gasteiger partial charge in [-0.05, 0) is 30.8 Å². The van der Waals surface area contributed by atoms with Crippen molar-refractivity contribution in [3.05, 3.63) is 59.0 Å². The topological polar surface area (TPSA) is 95.3 Å². The van der Waals surface area contributed by atoms with Crippen LogP contribution in [-0.2, 0) is 13.1 Å². The molecule has 0 spiro atoms. The zero-order chi connectivity index (χ0) is 15.2. The molecule has 2 aromatic rings. The number of furan rings is 1. The van der Waals surface area contributed by atoms with Crippen molar-refractivity contribution in [3.8, 4) is 6.07 Å². The molecule has 1 aromatic heterocycles. The summed E-state index contributed by atoms with van der Waals surface area (Å²) in [4.78, 5) is 13.6. The summed E-state index contributed by atoms with van der Waals surface area (Å²) in [7, 11) is 1.93. The molecule has 3 N–H and O–H groups in total. The first-order valence-corrected chi connectivity index (χ1v) is 6.39. The molecule has 6 heteroatoms. The molecule has 0 radical (unpaired) electrons. The Morgan fingerprint density at radius 2 is 2.24 bits per heavy atom. The van der Waals surface area contributed by atoms with E-state index >= 15 is 0 Å². The fourth-order valence-corrected chi connectivity index (χ4v) is 2.12. The van der Waals surface area contributed by atoms with Crippen molar-refractivity contribution in [2.45, 2.75) is 13.1 Å². The number of carbonyl (C=O) groups is 1. The van der Waals surface area contributed by atoms with E-state index in [4.69, 9.17) is 15.5 Å². The summed E-state index contributed by atoms with van der Waals surface area (Å²) in [6, 6.07) is 11.3. The lowest BCUT2D eigenvalue weighted by Gasteiger charge is -2.16. The molecule has 1 amide bonds. The Hall–Kier alpha value is -2.62. The number of nitrogens with one attached hydrogen (secondary N) is 1. The van der Waals surface area contributed by atoms with E-state index in [2.05, 4.69) is 11.5 Å². The molecule has 1 aromatic carbocycles. The van der Waals surface area contributed by atoms with Gasteiger partial charge in [0.2, 0.25) is 0 Å². The van der Waals surface area contributed by atoms with Gasteiger partial charge >= 0.3 is 5.91 Å². The molecule has 0 atom stereocenters. The van der Waals surface area contributed by atoms with Gasteiger partial charge < -0.3 is 4.42 Å². The number of rotatable bonds is 5. The fraction of sp³-hybridized carbons (Fsp3) is 0.200. The number of amides is 1. The first kappa shape index (κ1) is 14.8. The van der Waals surface area contributed by atoms with Crippen LogP contribution in [0.25, 0.3) is 0 Å². The van der Waals surface area contributed by atoms with Crippen molar-refractivity contribution in [2.75, 3.05) is 7.05 Å². The van der Waals surface area contributed by atoms with Crippen molar-refractivity contribution < 1.29 is 9.21 Å². The molecule has 2 rings (SSSR count). The van der Waals surface area contributed by atoms with Crippen molar-refractivity contribution >= 4 is 5.91 Å². The van der Waals surface area contributed by atoms with E-state index in [0.717, 1.165) is 11.1 Å². The van der Waals surface area contributed by atoms with E-state index in [1.807, 2.05) is 30.1 Å². The highest BCUT2D eigenvalue weighted by molar-refractivity contribution is 5.92. The summed E-state index contributed by atoms with van der Waals surface area (Å²) in [5, 5.41) is 8.90. The van der Waals surface area contributed by atoms with Crippen LogP contribution in [0.2, 0.25) is 0 Å². The lowest BCUT2D eigenvalue weighted by molar-refractivity contribution is 0.0923. The first-order chi connectivity index (χ1) is 10.1. The lowest BCUT2D eigenvalue weighted by atomic mass is 10.1. The number of carbonyl (C=O) groups excluding carboxylic acids is 1. The van der Waals surface area contributed by atoms with E-state index in [-0.39, 0.29) is 5.76 Å². The largest absolute Gasteiger partial charge is 0.459 e. The molecule has 108 valence electrons. The highest BCUT2D eigenvalue weighted by Crippen LogP contribution is 2.14. The van der Waals surface area contributed by atoms with Gasteiger partial charge in [-0.15, -0.1) is 0 Å². The molecule has 21 heavy (non-hydrogen) atoms. The number of hydrogen-bond acceptors (Lipinski definition) is 5. The maximum Gasteiger partial charge on any atom is 0.301 e. The van der Waals surface area contributed by atoms with E-state index in [0.29, 0.717) is 18.7 Å². The minimum absolute atomic E-state index is 0.218. The standard InChI is InChI=1S/C15H16N4O2/c1-19(9-12-4-2-3-11(7-12)8-16)10-13-5-6-21-14(13)15(20)18-17/h2-7H,9-10,17H2,1H3,(H,18,20). The Morgan fingerprint density at radius 1 is 1.43 bits per heavy atom. The molecule has 0 aliphatic carbocycles. The van der Waals surface area contributed by atoms with Crippen LogP contribution in [0, 0.1) is 11.3 Å². The Balaban J connectivity index is 2.05. The first-order valence-electron chi connectivity index (χ1n) is 6.39. The van der Waals surface area contributed by atoms with E-state index in [1.54, 1.807) is 12.1 Å². The number of nitrogen functional groups attached to an aromatic ring is 1. The third kappa shape index (κ3) is 3.69. The Labute approximate surface area is 122 Å². The Bertz CT molecular complexity index is 672. The van der Waals surface area contributed by atoms with Gasteiger partial charge in [-0.1, -0.05) is 12.1 Å². The highest BCUT2D eigenvalue weighted by Gasteiger charge is 2.15. The molecular weight excluding hydrogens is 268 g/mol. The van der Waals surface area contributed by atoms with Crippen molar-refractivity contribution in [1.82, 2.24) is 10.3 Å². The van der Waals surface area contributed by atoms with Crippen LogP contribution in [0.1, 0.15) is 27.2 Å². The fourth-order valence-electron chi connectivity index (χ4n) is 2.12. The number of nitrogens with two attached hydrogens (primary N) is 1. The summed E-state index contributed by atoms with van der Waals surface area (Å²) in [5.41, 5.74) is 4.48. The number of hydrogen-bond donors (Lipinski definition) is 2. The summed E-state index contributed by atoms with van der Waals surface area (Å²) in [6.45, 7) is 1.19. The predicted molar refractivity (Wildman–Crippen MR) is 76.7 cm³/mol. The molecule has 0 fully saturated rings. The van der Waals surface area contributed by atoms with E-state index < -0.39 is 5.91 Å². The molecule has 0 saturated heterocycles. The molecule has 0 bridgehead atoms. The van der Waals surface area contributed by atoms with Crippen molar-refractivity contribution in [2.24, 2.45) is 5.84 Å². The highest BCUT2D eigenvalue weighted by atomic mass is 16.3. The van der Waals surface area contributed by atoms with Gasteiger partial charge in [-0.3, -0.25) is 15.1 Å². The van der Waals surface area contributed by atoms with Crippen molar-refractivity contribution in [3.63, 3.8) is 0 Å². The van der Waals surface area contributed by atoms with E-state index in [9.17, 15) is 4.79 Å². The second-order valence-corrected chi connectivity index (χ2v) is 4.73. The zero-order valence-electron chi connectivity index (χ0n) is 11.7. The SMILES string of the molecule is CN(Cc1cccc(C#N)c1)Cc1ccoc1C(=O)NN. The second kappa shape index (κ2) is 6.70. The molecule has 0 unspecified atom stereocenters. The quantitative estimate of drug-likeness (QED) is 0.491. The Kier molecular flexibility index (Phi) is 4.72. The minimum Gasteiger partial charge on any atom is -0.459 e. The van der Waals surface area contributed by atoms with Gasteiger partial charge in [0.25, 0.3) is 0 Å². The normalized spacial score (nSPS) is 10.4. The maximum atomic E-state index is 11.5. The summed E-state index contributed by atoms with van der Waals surface area (Å²) in [5.74, 6) is 4.88. The number of nitriles is 1. The monoisotopic (exact) mass is 284 g/mol. The van der Waals surface area contributed by atoms with E-state index in [1.165, 1.54) is 6.26 Å². The molecule has 1 heterocycles. The zero-order valence-corrected chi connectivity index (χ0v) is 11.7. The van der Waals surface area contributed by atoms with Gasteiger partial charge in [-0.25, -0.2) is 5.84 Å². The third-order valence-corrected chi connectivity index (χ3v) is 3.03. The number of benzene rings is 1. The van der Waals surface area contributed by atoms with Crippen LogP contribution in [0.5, 0.6) is 0 Å². The van der Waals surface area contributed by atoms with Gasteiger partial charge in [-0.2, -0.15) is 5.26 Å². The average molecular weight is 284 g/mol. The van der Waals surface area contributed by atoms with Crippen LogP contribution in [0.3, 0.4) is 0 Å². The predicted octanol–water partition coefficient (Wildman–Crippen LogP) is 1.39. The van der Waals surface area contributed by atoms with Crippen LogP contribution in [-0.4, -0.2) is 17.9 Å². The maximum absolute atomic E-state index is 11.5. The lowest BCUT2D eigenvalue weighted by Crippen LogP contribution is -2.31. The van der Waals surface area contributed by atoms with Crippen molar-refractivity contribution in [1.29, 1.82) is 5.26 Å². The van der Waals surface area contributed by atoms with Crippen LogP contribution < -0.4 is 11.3 Å². The third-order valence-electron chi connectivity index (χ3n) is 3.03. The summed E-state index contributed by atoms with van der Waals surface area (Å²) < 4.78 is 5.14. The molecular formula is C15H16N4O2. The van der Waals surface area contributed by atoms with Gasteiger partial charge in [0.1, 0.15) is 0 Å². The minimum atomic E-state index is -0.449. The van der Waals surface area contributed by atoms with Gasteiger partial charge in [0.15, 0.2) is 5.76 Å². The average Bonchev–Trinajstić information content (AvgIpc) is 2.94.